The normalized spacial score (nSPS) is 16.8. The number of allylic oxidation sites excluding steroid dienone is 4. The van der Waals surface area contributed by atoms with Crippen LogP contribution < -0.4 is 4.90 Å². The number of anilines is 1. The van der Waals surface area contributed by atoms with Crippen LogP contribution in [-0.2, 0) is 6.42 Å². The zero-order valence-electron chi connectivity index (χ0n) is 26.3. The fourth-order valence-electron chi connectivity index (χ4n) is 8.01. The van der Waals surface area contributed by atoms with Gasteiger partial charge in [-0.1, -0.05) is 158 Å². The van der Waals surface area contributed by atoms with E-state index in [1.54, 1.807) is 0 Å². The van der Waals surface area contributed by atoms with Gasteiger partial charge in [-0.3, -0.25) is 0 Å². The van der Waals surface area contributed by atoms with Crippen molar-refractivity contribution in [3.63, 3.8) is 0 Å². The van der Waals surface area contributed by atoms with E-state index >= 15 is 0 Å². The number of hydrogen-bond acceptors (Lipinski definition) is 1. The molecule has 0 heterocycles. The predicted molar refractivity (Wildman–Crippen MR) is 199 cm³/mol. The van der Waals surface area contributed by atoms with Crippen LogP contribution in [0.25, 0.3) is 43.8 Å². The van der Waals surface area contributed by atoms with E-state index in [0.29, 0.717) is 0 Å². The minimum absolute atomic E-state index is 0.146. The van der Waals surface area contributed by atoms with Crippen molar-refractivity contribution < 1.29 is 0 Å². The lowest BCUT2D eigenvalue weighted by molar-refractivity contribution is 0.618. The molecule has 0 bridgehead atoms. The second-order valence-corrected chi connectivity index (χ2v) is 12.8. The lowest BCUT2D eigenvalue weighted by Gasteiger charge is -2.42. The van der Waals surface area contributed by atoms with E-state index in [1.807, 2.05) is 0 Å². The van der Waals surface area contributed by atoms with Crippen LogP contribution >= 0.6 is 0 Å². The Balaban J connectivity index is 1.22. The van der Waals surface area contributed by atoms with E-state index in [4.69, 9.17) is 0 Å². The molecule has 224 valence electrons. The molecular formula is C46H35N. The molecule has 0 fully saturated rings. The molecule has 2 aliphatic carbocycles. The van der Waals surface area contributed by atoms with Crippen LogP contribution in [0.4, 0.5) is 5.69 Å². The van der Waals surface area contributed by atoms with Crippen LogP contribution in [0.3, 0.4) is 0 Å². The molecule has 1 heteroatoms. The molecular weight excluding hydrogens is 567 g/mol. The monoisotopic (exact) mass is 601 g/mol. The molecule has 0 saturated carbocycles. The van der Waals surface area contributed by atoms with E-state index in [0.717, 1.165) is 12.8 Å². The molecule has 47 heavy (non-hydrogen) atoms. The van der Waals surface area contributed by atoms with Gasteiger partial charge in [-0.05, 0) is 91.5 Å². The van der Waals surface area contributed by atoms with Gasteiger partial charge in [0.1, 0.15) is 0 Å². The second kappa shape index (κ2) is 11.6. The van der Waals surface area contributed by atoms with Crippen LogP contribution in [-0.4, -0.2) is 0 Å². The Morgan fingerprint density at radius 2 is 1.21 bits per heavy atom. The zero-order valence-corrected chi connectivity index (χ0v) is 26.3. The summed E-state index contributed by atoms with van der Waals surface area (Å²) < 4.78 is 0. The quantitative estimate of drug-likeness (QED) is 0.190. The van der Waals surface area contributed by atoms with Gasteiger partial charge < -0.3 is 4.90 Å². The fraction of sp³-hybridized carbons (Fsp3) is 0.0870. The minimum Gasteiger partial charge on any atom is -0.337 e. The third kappa shape index (κ3) is 4.78. The third-order valence-corrected chi connectivity index (χ3v) is 10.2. The Morgan fingerprint density at radius 3 is 2.06 bits per heavy atom. The smallest absolute Gasteiger partial charge is 0.0635 e. The molecule has 0 saturated heterocycles. The minimum atomic E-state index is 0.146. The largest absolute Gasteiger partial charge is 0.337 e. The molecule has 0 aromatic heterocycles. The van der Waals surface area contributed by atoms with Crippen LogP contribution in [0.1, 0.15) is 35.1 Å². The van der Waals surface area contributed by atoms with Gasteiger partial charge in [0.05, 0.1) is 6.04 Å². The summed E-state index contributed by atoms with van der Waals surface area (Å²) in [6.07, 6.45) is 8.85. The Morgan fingerprint density at radius 1 is 0.532 bits per heavy atom. The van der Waals surface area contributed by atoms with Crippen molar-refractivity contribution in [2.75, 3.05) is 4.90 Å². The highest BCUT2D eigenvalue weighted by Gasteiger charge is 2.35. The maximum absolute atomic E-state index is 2.66. The molecule has 2 unspecified atom stereocenters. The van der Waals surface area contributed by atoms with Crippen molar-refractivity contribution in [2.24, 2.45) is 0 Å². The Hall–Kier alpha value is -5.66. The first-order chi connectivity index (χ1) is 23.3. The summed E-state index contributed by atoms with van der Waals surface area (Å²) in [5.74, 6) is 0.268. The molecule has 2 aliphatic rings. The van der Waals surface area contributed by atoms with Gasteiger partial charge >= 0.3 is 0 Å². The van der Waals surface area contributed by atoms with E-state index in [-0.39, 0.29) is 12.0 Å². The van der Waals surface area contributed by atoms with Crippen molar-refractivity contribution in [2.45, 2.75) is 24.8 Å². The molecule has 0 spiro atoms. The van der Waals surface area contributed by atoms with Crippen LogP contribution in [0, 0.1) is 0 Å². The van der Waals surface area contributed by atoms with Gasteiger partial charge in [-0.15, -0.1) is 0 Å². The van der Waals surface area contributed by atoms with Crippen molar-refractivity contribution in [1.29, 1.82) is 0 Å². The molecule has 2 atom stereocenters. The van der Waals surface area contributed by atoms with Gasteiger partial charge in [0, 0.05) is 17.3 Å². The average molecular weight is 602 g/mol. The molecule has 7 aromatic rings. The molecule has 0 amide bonds. The van der Waals surface area contributed by atoms with Gasteiger partial charge in [-0.25, -0.2) is 0 Å². The van der Waals surface area contributed by atoms with Gasteiger partial charge in [0.25, 0.3) is 0 Å². The summed E-state index contributed by atoms with van der Waals surface area (Å²) in [5, 5.41) is 5.19. The molecule has 9 rings (SSSR count). The maximum Gasteiger partial charge on any atom is 0.0635 e. The number of benzene rings is 7. The zero-order chi connectivity index (χ0) is 31.2. The summed E-state index contributed by atoms with van der Waals surface area (Å²) >= 11 is 0. The van der Waals surface area contributed by atoms with Crippen molar-refractivity contribution in [3.05, 3.63) is 198 Å². The maximum atomic E-state index is 2.66. The predicted octanol–water partition coefficient (Wildman–Crippen LogP) is 12.1. The number of nitrogens with zero attached hydrogens (tertiary/aromatic N) is 1. The highest BCUT2D eigenvalue weighted by Crippen LogP contribution is 2.49. The van der Waals surface area contributed by atoms with Crippen molar-refractivity contribution in [3.8, 4) is 22.3 Å². The van der Waals surface area contributed by atoms with E-state index < -0.39 is 0 Å². The topological polar surface area (TPSA) is 3.24 Å². The van der Waals surface area contributed by atoms with Crippen LogP contribution in [0.5, 0.6) is 0 Å². The fourth-order valence-corrected chi connectivity index (χ4v) is 8.01. The summed E-state index contributed by atoms with van der Waals surface area (Å²) in [6, 6.07) is 58.4. The Kier molecular flexibility index (Phi) is 6.82. The summed E-state index contributed by atoms with van der Waals surface area (Å²) in [4.78, 5) is 2.66. The SMILES string of the molecule is C1=CCC(c2ccccc2)C(N(c2ccc(-c3cccc4ccccc34)cc2)C2Cc3ccc4ccccc4c3-c3ccccc32)=C1. The Labute approximate surface area is 276 Å². The van der Waals surface area contributed by atoms with E-state index in [9.17, 15) is 0 Å². The summed E-state index contributed by atoms with van der Waals surface area (Å²) in [5.41, 5.74) is 12.0. The van der Waals surface area contributed by atoms with Gasteiger partial charge in [0.15, 0.2) is 0 Å². The standard InChI is InChI=1S/C46H35N/c1-2-13-33(14-3-1)40-19-10-11-24-44(40)47(37-29-27-35(28-30-37)39-23-12-17-32-15-4-6-18-38(32)39)45-31-36-26-25-34-16-5-7-20-41(34)46(36)43-22-9-8-21-42(43)45/h1-18,20-30,40,45H,19,31H2. The van der Waals surface area contributed by atoms with Crippen molar-refractivity contribution in [1.82, 2.24) is 0 Å². The second-order valence-electron chi connectivity index (χ2n) is 12.8. The van der Waals surface area contributed by atoms with E-state index in [2.05, 4.69) is 181 Å². The lowest BCUT2D eigenvalue weighted by Crippen LogP contribution is -2.34. The molecule has 0 radical (unpaired) electrons. The van der Waals surface area contributed by atoms with Crippen molar-refractivity contribution >= 4 is 27.2 Å². The molecule has 1 nitrogen and oxygen atoms in total. The highest BCUT2D eigenvalue weighted by molar-refractivity contribution is 6.00. The Bertz CT molecular complexity index is 2300. The number of fused-ring (bicyclic) bond motifs is 6. The first-order valence-electron chi connectivity index (χ1n) is 16.7. The summed E-state index contributed by atoms with van der Waals surface area (Å²) in [7, 11) is 0. The van der Waals surface area contributed by atoms with Crippen LogP contribution in [0.2, 0.25) is 0 Å². The lowest BCUT2D eigenvalue weighted by atomic mass is 9.78. The molecule has 0 N–H and O–H groups in total. The van der Waals surface area contributed by atoms with Gasteiger partial charge in [-0.2, -0.15) is 0 Å². The third-order valence-electron chi connectivity index (χ3n) is 10.2. The van der Waals surface area contributed by atoms with Gasteiger partial charge in [0.2, 0.25) is 0 Å². The first-order valence-corrected chi connectivity index (χ1v) is 16.7. The van der Waals surface area contributed by atoms with E-state index in [1.165, 1.54) is 71.9 Å². The number of hydrogen-bond donors (Lipinski definition) is 0. The molecule has 0 aliphatic heterocycles. The summed E-state index contributed by atoms with van der Waals surface area (Å²) in [6.45, 7) is 0. The molecule has 7 aromatic carbocycles. The average Bonchev–Trinajstić information content (AvgIpc) is 3.15. The van der Waals surface area contributed by atoms with Crippen LogP contribution in [0.15, 0.2) is 182 Å². The highest BCUT2D eigenvalue weighted by atomic mass is 15.2. The number of rotatable bonds is 5. The first kappa shape index (κ1) is 27.6.